The van der Waals surface area contributed by atoms with Gasteiger partial charge in [-0.25, -0.2) is 0 Å². The van der Waals surface area contributed by atoms with Crippen LogP contribution in [0.2, 0.25) is 0 Å². The second-order valence-electron chi connectivity index (χ2n) is 3.06. The van der Waals surface area contributed by atoms with Crippen LogP contribution in [0.25, 0.3) is 0 Å². The van der Waals surface area contributed by atoms with Crippen molar-refractivity contribution in [2.45, 2.75) is 6.10 Å². The summed E-state index contributed by atoms with van der Waals surface area (Å²) in [5.41, 5.74) is 6.25. The molecule has 14 heavy (non-hydrogen) atoms. The molecule has 1 aromatic carbocycles. The van der Waals surface area contributed by atoms with Crippen molar-refractivity contribution in [3.63, 3.8) is 0 Å². The van der Waals surface area contributed by atoms with E-state index in [1.165, 1.54) is 0 Å². The fourth-order valence-corrected chi connectivity index (χ4v) is 1.09. The van der Waals surface area contributed by atoms with E-state index < -0.39 is 6.10 Å². The molecule has 1 rings (SSSR count). The zero-order valence-electron chi connectivity index (χ0n) is 8.23. The van der Waals surface area contributed by atoms with Crippen molar-refractivity contribution in [3.05, 3.63) is 24.3 Å². The Hall–Kier alpha value is -1.26. The molecule has 0 heterocycles. The summed E-state index contributed by atoms with van der Waals surface area (Å²) in [5.74, 6) is 0.614. The summed E-state index contributed by atoms with van der Waals surface area (Å²) in [4.78, 5) is 0. The molecule has 0 aliphatic carbocycles. The number of anilines is 1. The van der Waals surface area contributed by atoms with E-state index in [9.17, 15) is 5.11 Å². The second-order valence-corrected chi connectivity index (χ2v) is 3.06. The number of aliphatic hydroxyl groups excluding tert-OH is 1. The highest BCUT2D eigenvalue weighted by molar-refractivity contribution is 5.51. The van der Waals surface area contributed by atoms with Crippen molar-refractivity contribution in [3.8, 4) is 5.75 Å². The van der Waals surface area contributed by atoms with E-state index in [4.69, 9.17) is 10.5 Å². The van der Waals surface area contributed by atoms with Gasteiger partial charge in [0.15, 0.2) is 0 Å². The molecule has 1 aromatic rings. The first-order chi connectivity index (χ1) is 6.74. The van der Waals surface area contributed by atoms with Gasteiger partial charge in [-0.2, -0.15) is 0 Å². The zero-order valence-corrected chi connectivity index (χ0v) is 8.23. The molecule has 0 saturated carbocycles. The number of rotatable bonds is 5. The van der Waals surface area contributed by atoms with Gasteiger partial charge >= 0.3 is 0 Å². The number of hydrogen-bond donors (Lipinski definition) is 3. The Bertz CT molecular complexity index is 279. The van der Waals surface area contributed by atoms with E-state index in [0.717, 1.165) is 0 Å². The van der Waals surface area contributed by atoms with E-state index in [0.29, 0.717) is 18.0 Å². The lowest BCUT2D eigenvalue weighted by Crippen LogP contribution is -2.29. The Labute approximate surface area is 83.7 Å². The van der Waals surface area contributed by atoms with Crippen LogP contribution in [0.5, 0.6) is 5.75 Å². The van der Waals surface area contributed by atoms with Crippen LogP contribution >= 0.6 is 0 Å². The maximum absolute atomic E-state index is 9.37. The van der Waals surface area contributed by atoms with E-state index in [2.05, 4.69) is 5.32 Å². The molecular formula is C10H16N2O2. The largest absolute Gasteiger partial charge is 0.489 e. The molecule has 0 bridgehead atoms. The summed E-state index contributed by atoms with van der Waals surface area (Å²) >= 11 is 0. The van der Waals surface area contributed by atoms with E-state index >= 15 is 0 Å². The van der Waals surface area contributed by atoms with E-state index in [1.54, 1.807) is 19.2 Å². The van der Waals surface area contributed by atoms with Crippen molar-refractivity contribution < 1.29 is 9.84 Å². The van der Waals surface area contributed by atoms with Gasteiger partial charge in [-0.15, -0.1) is 0 Å². The monoisotopic (exact) mass is 196 g/mol. The lowest BCUT2D eigenvalue weighted by molar-refractivity contribution is 0.108. The third-order valence-electron chi connectivity index (χ3n) is 1.79. The predicted octanol–water partition coefficient (Wildman–Crippen LogP) is 0.228. The molecule has 78 valence electrons. The summed E-state index contributed by atoms with van der Waals surface area (Å²) in [6.45, 7) is 0.752. The summed E-state index contributed by atoms with van der Waals surface area (Å²) in [7, 11) is 1.78. The van der Waals surface area contributed by atoms with Crippen LogP contribution in [0.3, 0.4) is 0 Å². The minimum atomic E-state index is -0.514. The lowest BCUT2D eigenvalue weighted by Gasteiger charge is -2.12. The Balaban J connectivity index is 2.41. The molecule has 4 heteroatoms. The molecule has 0 aliphatic heterocycles. The SMILES string of the molecule is CNCC(O)COc1ccccc1N. The topological polar surface area (TPSA) is 67.5 Å². The standard InChI is InChI=1S/C10H16N2O2/c1-12-6-8(13)7-14-10-5-3-2-4-9(10)11/h2-5,8,12-13H,6-7,11H2,1H3. The Morgan fingerprint density at radius 3 is 2.86 bits per heavy atom. The van der Waals surface area contributed by atoms with Gasteiger partial charge in [0.2, 0.25) is 0 Å². The van der Waals surface area contributed by atoms with Crippen molar-refractivity contribution >= 4 is 5.69 Å². The molecule has 0 amide bonds. The first kappa shape index (κ1) is 10.8. The number of para-hydroxylation sites is 2. The van der Waals surface area contributed by atoms with Gasteiger partial charge in [-0.1, -0.05) is 12.1 Å². The van der Waals surface area contributed by atoms with Crippen LogP contribution in [0.1, 0.15) is 0 Å². The van der Waals surface area contributed by atoms with Gasteiger partial charge in [0.1, 0.15) is 18.5 Å². The van der Waals surface area contributed by atoms with Crippen molar-refractivity contribution in [1.29, 1.82) is 0 Å². The average Bonchev–Trinajstić information content (AvgIpc) is 2.17. The van der Waals surface area contributed by atoms with Crippen molar-refractivity contribution in [2.75, 3.05) is 25.9 Å². The molecular weight excluding hydrogens is 180 g/mol. The highest BCUT2D eigenvalue weighted by Crippen LogP contribution is 2.19. The molecule has 4 N–H and O–H groups in total. The minimum Gasteiger partial charge on any atom is -0.489 e. The van der Waals surface area contributed by atoms with E-state index in [1.807, 2.05) is 12.1 Å². The number of hydrogen-bond acceptors (Lipinski definition) is 4. The average molecular weight is 196 g/mol. The fraction of sp³-hybridized carbons (Fsp3) is 0.400. The zero-order chi connectivity index (χ0) is 10.4. The maximum atomic E-state index is 9.37. The number of nitrogens with one attached hydrogen (secondary N) is 1. The molecule has 4 nitrogen and oxygen atoms in total. The van der Waals surface area contributed by atoms with Crippen LogP contribution < -0.4 is 15.8 Å². The molecule has 1 atom stereocenters. The van der Waals surface area contributed by atoms with Crippen LogP contribution in [-0.4, -0.2) is 31.4 Å². The smallest absolute Gasteiger partial charge is 0.142 e. The summed E-state index contributed by atoms with van der Waals surface area (Å²) in [6, 6.07) is 7.23. The van der Waals surface area contributed by atoms with Gasteiger partial charge in [-0.05, 0) is 19.2 Å². The van der Waals surface area contributed by atoms with Gasteiger partial charge in [0.05, 0.1) is 5.69 Å². The van der Waals surface area contributed by atoms with Gasteiger partial charge in [0, 0.05) is 6.54 Å². The molecule has 0 spiro atoms. The minimum absolute atomic E-state index is 0.245. The second kappa shape index (κ2) is 5.47. The highest BCUT2D eigenvalue weighted by Gasteiger charge is 2.04. The molecule has 0 saturated heterocycles. The van der Waals surface area contributed by atoms with E-state index in [-0.39, 0.29) is 6.61 Å². The summed E-state index contributed by atoms with van der Waals surface area (Å²) in [5, 5.41) is 12.2. The number of ether oxygens (including phenoxy) is 1. The van der Waals surface area contributed by atoms with Crippen LogP contribution in [0.4, 0.5) is 5.69 Å². The lowest BCUT2D eigenvalue weighted by atomic mass is 10.3. The molecule has 0 fully saturated rings. The Morgan fingerprint density at radius 2 is 2.21 bits per heavy atom. The Morgan fingerprint density at radius 1 is 1.50 bits per heavy atom. The predicted molar refractivity (Wildman–Crippen MR) is 56.3 cm³/mol. The third-order valence-corrected chi connectivity index (χ3v) is 1.79. The first-order valence-corrected chi connectivity index (χ1v) is 4.54. The molecule has 1 unspecified atom stereocenters. The summed E-state index contributed by atoms with van der Waals surface area (Å²) in [6.07, 6.45) is -0.514. The molecule has 0 aromatic heterocycles. The normalized spacial score (nSPS) is 12.4. The van der Waals surface area contributed by atoms with Crippen molar-refractivity contribution in [1.82, 2.24) is 5.32 Å². The number of likely N-dealkylation sites (N-methyl/N-ethyl adjacent to an activating group) is 1. The van der Waals surface area contributed by atoms with Crippen LogP contribution in [-0.2, 0) is 0 Å². The number of nitrogens with two attached hydrogens (primary N) is 1. The number of nitrogen functional groups attached to an aromatic ring is 1. The number of aliphatic hydroxyl groups is 1. The fourth-order valence-electron chi connectivity index (χ4n) is 1.09. The quantitative estimate of drug-likeness (QED) is 0.590. The first-order valence-electron chi connectivity index (χ1n) is 4.54. The molecule has 0 aliphatic rings. The Kier molecular flexibility index (Phi) is 4.22. The van der Waals surface area contributed by atoms with Crippen LogP contribution in [0.15, 0.2) is 24.3 Å². The third kappa shape index (κ3) is 3.24. The van der Waals surface area contributed by atoms with Gasteiger partial charge in [-0.3, -0.25) is 0 Å². The van der Waals surface area contributed by atoms with Gasteiger partial charge in [0.25, 0.3) is 0 Å². The van der Waals surface area contributed by atoms with Crippen LogP contribution in [0, 0.1) is 0 Å². The molecule has 0 radical (unpaired) electrons. The number of benzene rings is 1. The maximum Gasteiger partial charge on any atom is 0.142 e. The van der Waals surface area contributed by atoms with Gasteiger partial charge < -0.3 is 20.9 Å². The van der Waals surface area contributed by atoms with Crippen molar-refractivity contribution in [2.24, 2.45) is 0 Å². The summed E-state index contributed by atoms with van der Waals surface area (Å²) < 4.78 is 5.34. The highest BCUT2D eigenvalue weighted by atomic mass is 16.5.